The Bertz CT molecular complexity index is 985. The summed E-state index contributed by atoms with van der Waals surface area (Å²) in [4.78, 5) is 63.0. The fourth-order valence-corrected chi connectivity index (χ4v) is 3.90. The first-order chi connectivity index (χ1) is 15.5. The molecule has 0 saturated carbocycles. The van der Waals surface area contributed by atoms with E-state index in [0.717, 1.165) is 4.90 Å². The molecule has 0 aliphatic carbocycles. The number of hydrogen-bond acceptors (Lipinski definition) is 7. The zero-order valence-corrected chi connectivity index (χ0v) is 18.8. The van der Waals surface area contributed by atoms with Crippen molar-refractivity contribution in [1.82, 2.24) is 15.1 Å². The van der Waals surface area contributed by atoms with Crippen LogP contribution in [0.25, 0.3) is 0 Å². The molecule has 2 aliphatic heterocycles. The van der Waals surface area contributed by atoms with E-state index in [1.807, 2.05) is 0 Å². The molecule has 33 heavy (non-hydrogen) atoms. The monoisotopic (exact) mass is 460 g/mol. The molecule has 178 valence electrons. The molecule has 0 aromatic heterocycles. The number of carbonyl (C=O) groups excluding carboxylic acids is 4. The zero-order chi connectivity index (χ0) is 24.3. The molecular formula is C22H28N4O7. The van der Waals surface area contributed by atoms with Crippen molar-refractivity contribution in [3.63, 3.8) is 0 Å². The third kappa shape index (κ3) is 5.14. The quantitative estimate of drug-likeness (QED) is 0.389. The number of amides is 5. The van der Waals surface area contributed by atoms with Gasteiger partial charge in [-0.1, -0.05) is 6.07 Å². The van der Waals surface area contributed by atoms with Gasteiger partial charge < -0.3 is 20.1 Å². The molecule has 3 rings (SSSR count). The lowest BCUT2D eigenvalue weighted by Crippen LogP contribution is -2.54. The van der Waals surface area contributed by atoms with Gasteiger partial charge in [0.15, 0.2) is 0 Å². The van der Waals surface area contributed by atoms with Crippen LogP contribution < -0.4 is 10.6 Å². The van der Waals surface area contributed by atoms with Crippen molar-refractivity contribution in [3.8, 4) is 0 Å². The summed E-state index contributed by atoms with van der Waals surface area (Å²) in [6.07, 6.45) is -0.872. The highest BCUT2D eigenvalue weighted by atomic mass is 16.5. The van der Waals surface area contributed by atoms with Crippen LogP contribution in [-0.2, 0) is 14.3 Å². The second-order valence-corrected chi connectivity index (χ2v) is 8.82. The Labute approximate surface area is 191 Å². The van der Waals surface area contributed by atoms with E-state index in [4.69, 9.17) is 4.74 Å². The maximum atomic E-state index is 13.0. The van der Waals surface area contributed by atoms with Crippen LogP contribution in [0, 0.1) is 0 Å². The van der Waals surface area contributed by atoms with Crippen molar-refractivity contribution < 1.29 is 33.8 Å². The number of nitrogens with one attached hydrogen (secondary N) is 2. The van der Waals surface area contributed by atoms with Crippen molar-refractivity contribution in [3.05, 3.63) is 29.3 Å². The van der Waals surface area contributed by atoms with Crippen LogP contribution >= 0.6 is 0 Å². The van der Waals surface area contributed by atoms with Crippen LogP contribution in [0.1, 0.15) is 54.3 Å². The number of anilines is 1. The van der Waals surface area contributed by atoms with Gasteiger partial charge in [0.1, 0.15) is 6.04 Å². The molecule has 1 fully saturated rings. The van der Waals surface area contributed by atoms with Crippen LogP contribution in [-0.4, -0.2) is 82.5 Å². The lowest BCUT2D eigenvalue weighted by molar-refractivity contribution is -0.136. The van der Waals surface area contributed by atoms with Crippen LogP contribution in [0.5, 0.6) is 0 Å². The third-order valence-electron chi connectivity index (χ3n) is 5.53. The Morgan fingerprint density at radius 1 is 1.21 bits per heavy atom. The van der Waals surface area contributed by atoms with E-state index in [0.29, 0.717) is 12.2 Å². The number of rotatable bonds is 8. The minimum Gasteiger partial charge on any atom is -0.465 e. The van der Waals surface area contributed by atoms with E-state index in [1.54, 1.807) is 32.9 Å². The summed E-state index contributed by atoms with van der Waals surface area (Å²) in [5, 5.41) is 14.5. The normalized spacial score (nSPS) is 18.3. The van der Waals surface area contributed by atoms with Gasteiger partial charge in [-0.3, -0.25) is 29.4 Å². The van der Waals surface area contributed by atoms with E-state index in [-0.39, 0.29) is 43.7 Å². The molecule has 11 nitrogen and oxygen atoms in total. The Kier molecular flexibility index (Phi) is 7.01. The largest absolute Gasteiger partial charge is 0.465 e. The average Bonchev–Trinajstić information content (AvgIpc) is 2.97. The molecule has 2 heterocycles. The molecule has 1 unspecified atom stereocenters. The fraction of sp³-hybridized carbons (Fsp3) is 0.500. The maximum absolute atomic E-state index is 13.0. The summed E-state index contributed by atoms with van der Waals surface area (Å²) < 4.78 is 5.52. The predicted molar refractivity (Wildman–Crippen MR) is 117 cm³/mol. The Hall–Kier alpha value is -3.47. The number of benzene rings is 1. The van der Waals surface area contributed by atoms with Crippen molar-refractivity contribution in [2.24, 2.45) is 0 Å². The molecule has 1 atom stereocenters. The smallest absolute Gasteiger partial charge is 0.407 e. The number of piperidine rings is 1. The molecule has 11 heteroatoms. The summed E-state index contributed by atoms with van der Waals surface area (Å²) in [6.45, 7) is 6.39. The maximum Gasteiger partial charge on any atom is 0.407 e. The number of nitrogens with zero attached hydrogens (tertiary/aromatic N) is 2. The van der Waals surface area contributed by atoms with Crippen molar-refractivity contribution in [2.45, 2.75) is 45.2 Å². The van der Waals surface area contributed by atoms with Gasteiger partial charge in [0, 0.05) is 30.7 Å². The minimum atomic E-state index is -1.02. The molecule has 5 amide bonds. The molecule has 0 spiro atoms. The van der Waals surface area contributed by atoms with Crippen LogP contribution in [0.15, 0.2) is 18.2 Å². The van der Waals surface area contributed by atoms with E-state index in [1.165, 1.54) is 11.0 Å². The van der Waals surface area contributed by atoms with E-state index in [9.17, 15) is 29.1 Å². The topological polar surface area (TPSA) is 145 Å². The molecule has 1 aromatic rings. The number of imide groups is 2. The summed E-state index contributed by atoms with van der Waals surface area (Å²) in [7, 11) is 0. The lowest BCUT2D eigenvalue weighted by Gasteiger charge is -2.33. The van der Waals surface area contributed by atoms with Gasteiger partial charge >= 0.3 is 6.09 Å². The predicted octanol–water partition coefficient (Wildman–Crippen LogP) is 1.29. The second kappa shape index (κ2) is 9.57. The molecule has 0 bridgehead atoms. The first kappa shape index (κ1) is 24.2. The summed E-state index contributed by atoms with van der Waals surface area (Å²) in [5.41, 5.74) is 0.264. The molecule has 1 saturated heterocycles. The highest BCUT2D eigenvalue weighted by Gasteiger charge is 2.45. The standard InChI is InChI=1S/C22H28N4O7/c1-22(2,3)25(21(31)32)10-12-33-11-9-23-14-6-4-5-13-17(14)20(30)26(19(13)29)15-7-8-16(27)24-18(15)28/h4-6,15,23H,7-12H2,1-3H3,(H,31,32)(H,24,27,28). The van der Waals surface area contributed by atoms with Gasteiger partial charge in [-0.15, -0.1) is 0 Å². The van der Waals surface area contributed by atoms with Gasteiger partial charge in [0.25, 0.3) is 11.8 Å². The number of ether oxygens (including phenoxy) is 1. The lowest BCUT2D eigenvalue weighted by atomic mass is 10.0. The van der Waals surface area contributed by atoms with E-state index >= 15 is 0 Å². The highest BCUT2D eigenvalue weighted by Crippen LogP contribution is 2.32. The van der Waals surface area contributed by atoms with Gasteiger partial charge in [0.05, 0.1) is 24.3 Å². The van der Waals surface area contributed by atoms with Crippen LogP contribution in [0.2, 0.25) is 0 Å². The van der Waals surface area contributed by atoms with Gasteiger partial charge in [-0.2, -0.15) is 0 Å². The van der Waals surface area contributed by atoms with Crippen molar-refractivity contribution >= 4 is 35.4 Å². The van der Waals surface area contributed by atoms with Crippen molar-refractivity contribution in [2.75, 3.05) is 31.6 Å². The first-order valence-corrected chi connectivity index (χ1v) is 10.7. The molecule has 3 N–H and O–H groups in total. The molecular weight excluding hydrogens is 432 g/mol. The third-order valence-corrected chi connectivity index (χ3v) is 5.53. The number of fused-ring (bicyclic) bond motifs is 1. The number of hydrogen-bond donors (Lipinski definition) is 3. The number of carboxylic acid groups (broad SMARTS) is 1. The average molecular weight is 460 g/mol. The summed E-state index contributed by atoms with van der Waals surface area (Å²) >= 11 is 0. The van der Waals surface area contributed by atoms with Gasteiger partial charge in [-0.25, -0.2) is 4.79 Å². The summed E-state index contributed by atoms with van der Waals surface area (Å²) in [5.74, 6) is -2.24. The van der Waals surface area contributed by atoms with Crippen molar-refractivity contribution in [1.29, 1.82) is 0 Å². The summed E-state index contributed by atoms with van der Waals surface area (Å²) in [6, 6.07) is 3.79. The Morgan fingerprint density at radius 2 is 1.94 bits per heavy atom. The fourth-order valence-electron chi connectivity index (χ4n) is 3.90. The SMILES string of the molecule is CC(C)(C)N(CCOCCNc1cccc2c1C(=O)N(C1CCC(=O)NC1=O)C2=O)C(=O)O. The minimum absolute atomic E-state index is 0.0563. The molecule has 2 aliphatic rings. The Balaban J connectivity index is 1.58. The van der Waals surface area contributed by atoms with E-state index in [2.05, 4.69) is 10.6 Å². The first-order valence-electron chi connectivity index (χ1n) is 10.7. The second-order valence-electron chi connectivity index (χ2n) is 8.82. The zero-order valence-electron chi connectivity index (χ0n) is 18.8. The molecule has 0 radical (unpaired) electrons. The van der Waals surface area contributed by atoms with Crippen LogP contribution in [0.4, 0.5) is 10.5 Å². The van der Waals surface area contributed by atoms with E-state index < -0.39 is 41.3 Å². The van der Waals surface area contributed by atoms with Gasteiger partial charge in [0.2, 0.25) is 11.8 Å². The Morgan fingerprint density at radius 3 is 2.58 bits per heavy atom. The number of carbonyl (C=O) groups is 5. The molecule has 1 aromatic carbocycles. The van der Waals surface area contributed by atoms with Gasteiger partial charge in [-0.05, 0) is 39.3 Å². The highest BCUT2D eigenvalue weighted by molar-refractivity contribution is 6.25. The van der Waals surface area contributed by atoms with Crippen LogP contribution in [0.3, 0.4) is 0 Å².